The molecule has 1 aromatic heterocycles. The number of methoxy groups -OCH3 is 1. The van der Waals surface area contributed by atoms with E-state index in [0.717, 1.165) is 32.2 Å². The van der Waals surface area contributed by atoms with Crippen molar-refractivity contribution >= 4 is 0 Å². The molecule has 0 radical (unpaired) electrons. The number of ether oxygens (including phenoxy) is 1. The third-order valence-electron chi connectivity index (χ3n) is 2.89. The second-order valence-electron chi connectivity index (χ2n) is 4.90. The maximum absolute atomic E-state index is 5.01. The van der Waals surface area contributed by atoms with E-state index in [-0.39, 0.29) is 0 Å². The van der Waals surface area contributed by atoms with Crippen molar-refractivity contribution < 1.29 is 4.74 Å². The molecule has 0 saturated carbocycles. The van der Waals surface area contributed by atoms with Crippen molar-refractivity contribution in [3.63, 3.8) is 0 Å². The number of aromatic nitrogens is 1. The van der Waals surface area contributed by atoms with Gasteiger partial charge in [-0.15, -0.1) is 0 Å². The summed E-state index contributed by atoms with van der Waals surface area (Å²) in [6, 6.07) is 4.32. The lowest BCUT2D eigenvalue weighted by Gasteiger charge is -2.11. The van der Waals surface area contributed by atoms with Crippen LogP contribution < -0.4 is 5.32 Å². The number of aryl methyl sites for hydroxylation is 1. The van der Waals surface area contributed by atoms with Crippen LogP contribution >= 0.6 is 0 Å². The van der Waals surface area contributed by atoms with Crippen molar-refractivity contribution in [2.24, 2.45) is 5.92 Å². The molecule has 0 unspecified atom stereocenters. The molecule has 1 heterocycles. The van der Waals surface area contributed by atoms with Crippen LogP contribution in [0.25, 0.3) is 0 Å². The molecule has 3 heteroatoms. The first-order valence-corrected chi connectivity index (χ1v) is 6.57. The van der Waals surface area contributed by atoms with Crippen molar-refractivity contribution in [3.8, 4) is 0 Å². The third kappa shape index (κ3) is 5.89. The van der Waals surface area contributed by atoms with Gasteiger partial charge in [-0.2, -0.15) is 0 Å². The fourth-order valence-electron chi connectivity index (χ4n) is 1.89. The van der Waals surface area contributed by atoms with Crippen molar-refractivity contribution in [2.45, 2.75) is 39.8 Å². The first-order chi connectivity index (χ1) is 8.24. The summed E-state index contributed by atoms with van der Waals surface area (Å²) in [7, 11) is 1.73. The standard InChI is InChI=1S/C14H26N2O/c1-13(2)6-4-9-16-10-5-7-14(16)12-15-8-11-17-3/h5,7,10,13,15H,4,6,8-9,11-12H2,1-3H3. The van der Waals surface area contributed by atoms with Gasteiger partial charge in [-0.25, -0.2) is 0 Å². The fraction of sp³-hybridized carbons (Fsp3) is 0.714. The van der Waals surface area contributed by atoms with Gasteiger partial charge >= 0.3 is 0 Å². The van der Waals surface area contributed by atoms with Gasteiger partial charge in [0.15, 0.2) is 0 Å². The molecule has 0 aliphatic heterocycles. The lowest BCUT2D eigenvalue weighted by atomic mass is 10.1. The quantitative estimate of drug-likeness (QED) is 0.669. The molecular weight excluding hydrogens is 212 g/mol. The molecule has 0 saturated heterocycles. The predicted octanol–water partition coefficient (Wildman–Crippen LogP) is 2.66. The summed E-state index contributed by atoms with van der Waals surface area (Å²) in [6.45, 7) is 8.30. The van der Waals surface area contributed by atoms with Gasteiger partial charge in [0.2, 0.25) is 0 Å². The molecule has 0 fully saturated rings. The van der Waals surface area contributed by atoms with Crippen molar-refractivity contribution in [3.05, 3.63) is 24.0 Å². The van der Waals surface area contributed by atoms with Gasteiger partial charge in [-0.3, -0.25) is 0 Å². The second kappa shape index (κ2) is 8.31. The maximum atomic E-state index is 5.01. The molecule has 17 heavy (non-hydrogen) atoms. The topological polar surface area (TPSA) is 26.2 Å². The van der Waals surface area contributed by atoms with Crippen LogP contribution in [0.1, 0.15) is 32.4 Å². The van der Waals surface area contributed by atoms with Gasteiger partial charge < -0.3 is 14.6 Å². The average molecular weight is 238 g/mol. The molecule has 98 valence electrons. The minimum atomic E-state index is 0.772. The zero-order valence-corrected chi connectivity index (χ0v) is 11.4. The molecule has 1 N–H and O–H groups in total. The summed E-state index contributed by atoms with van der Waals surface area (Å²) in [4.78, 5) is 0. The summed E-state index contributed by atoms with van der Waals surface area (Å²) in [5.41, 5.74) is 1.37. The van der Waals surface area contributed by atoms with Crippen LogP contribution in [0.4, 0.5) is 0 Å². The van der Waals surface area contributed by atoms with Crippen LogP contribution in [0.15, 0.2) is 18.3 Å². The summed E-state index contributed by atoms with van der Waals surface area (Å²) in [6.07, 6.45) is 4.74. The van der Waals surface area contributed by atoms with Gasteiger partial charge in [0.05, 0.1) is 6.61 Å². The van der Waals surface area contributed by atoms with E-state index in [9.17, 15) is 0 Å². The molecule has 0 atom stereocenters. The van der Waals surface area contributed by atoms with Crippen LogP contribution in [0.3, 0.4) is 0 Å². The minimum Gasteiger partial charge on any atom is -0.383 e. The summed E-state index contributed by atoms with van der Waals surface area (Å²) < 4.78 is 7.36. The monoisotopic (exact) mass is 238 g/mol. The molecular formula is C14H26N2O. The Labute approximate surface area is 105 Å². The first-order valence-electron chi connectivity index (χ1n) is 6.57. The van der Waals surface area contributed by atoms with E-state index >= 15 is 0 Å². The zero-order chi connectivity index (χ0) is 12.5. The lowest BCUT2D eigenvalue weighted by Crippen LogP contribution is -2.20. The fourth-order valence-corrected chi connectivity index (χ4v) is 1.89. The van der Waals surface area contributed by atoms with Crippen LogP contribution in [0.5, 0.6) is 0 Å². The Morgan fingerprint density at radius 3 is 2.94 bits per heavy atom. The van der Waals surface area contributed by atoms with Crippen LogP contribution in [-0.4, -0.2) is 24.8 Å². The highest BCUT2D eigenvalue weighted by atomic mass is 16.5. The Morgan fingerprint density at radius 2 is 2.24 bits per heavy atom. The Hall–Kier alpha value is -0.800. The van der Waals surface area contributed by atoms with E-state index in [1.165, 1.54) is 18.5 Å². The van der Waals surface area contributed by atoms with Crippen LogP contribution in [-0.2, 0) is 17.8 Å². The second-order valence-corrected chi connectivity index (χ2v) is 4.90. The molecule has 1 aromatic rings. The summed E-state index contributed by atoms with van der Waals surface area (Å²) in [5.74, 6) is 0.800. The predicted molar refractivity (Wildman–Crippen MR) is 72.1 cm³/mol. The van der Waals surface area contributed by atoms with E-state index in [1.807, 2.05) is 0 Å². The van der Waals surface area contributed by atoms with Gasteiger partial charge in [0, 0.05) is 38.6 Å². The highest BCUT2D eigenvalue weighted by Gasteiger charge is 2.01. The third-order valence-corrected chi connectivity index (χ3v) is 2.89. The Balaban J connectivity index is 2.27. The first kappa shape index (κ1) is 14.3. The number of hydrogen-bond acceptors (Lipinski definition) is 2. The molecule has 1 rings (SSSR count). The molecule has 0 bridgehead atoms. The minimum absolute atomic E-state index is 0.772. The van der Waals surface area contributed by atoms with Crippen molar-refractivity contribution in [1.82, 2.24) is 9.88 Å². The largest absolute Gasteiger partial charge is 0.383 e. The van der Waals surface area contributed by atoms with Crippen LogP contribution in [0, 0.1) is 5.92 Å². The number of hydrogen-bond donors (Lipinski definition) is 1. The average Bonchev–Trinajstić information content (AvgIpc) is 2.72. The van der Waals surface area contributed by atoms with Crippen LogP contribution in [0.2, 0.25) is 0 Å². The van der Waals surface area contributed by atoms with E-state index < -0.39 is 0 Å². The van der Waals surface area contributed by atoms with Crippen molar-refractivity contribution in [2.75, 3.05) is 20.3 Å². The SMILES string of the molecule is COCCNCc1cccn1CCCC(C)C. The molecule has 0 amide bonds. The molecule has 0 aromatic carbocycles. The smallest absolute Gasteiger partial charge is 0.0587 e. The van der Waals surface area contributed by atoms with E-state index in [4.69, 9.17) is 4.74 Å². The Bertz CT molecular complexity index is 294. The maximum Gasteiger partial charge on any atom is 0.0587 e. The van der Waals surface area contributed by atoms with Gasteiger partial charge in [0.1, 0.15) is 0 Å². The zero-order valence-electron chi connectivity index (χ0n) is 11.4. The molecule has 0 aliphatic carbocycles. The van der Waals surface area contributed by atoms with Gasteiger partial charge in [0.25, 0.3) is 0 Å². The number of nitrogens with zero attached hydrogens (tertiary/aromatic N) is 1. The lowest BCUT2D eigenvalue weighted by molar-refractivity contribution is 0.199. The normalized spacial score (nSPS) is 11.3. The van der Waals surface area contributed by atoms with E-state index in [0.29, 0.717) is 0 Å². The summed E-state index contributed by atoms with van der Waals surface area (Å²) in [5, 5.41) is 3.38. The molecule has 3 nitrogen and oxygen atoms in total. The Kier molecular flexibility index (Phi) is 6.97. The van der Waals surface area contributed by atoms with E-state index in [2.05, 4.69) is 42.1 Å². The van der Waals surface area contributed by atoms with Crippen molar-refractivity contribution in [1.29, 1.82) is 0 Å². The van der Waals surface area contributed by atoms with E-state index in [1.54, 1.807) is 7.11 Å². The highest BCUT2D eigenvalue weighted by molar-refractivity contribution is 5.06. The number of nitrogens with one attached hydrogen (secondary N) is 1. The van der Waals surface area contributed by atoms with Gasteiger partial charge in [-0.1, -0.05) is 13.8 Å². The molecule has 0 spiro atoms. The number of rotatable bonds is 9. The highest BCUT2D eigenvalue weighted by Crippen LogP contribution is 2.08. The Morgan fingerprint density at radius 1 is 1.41 bits per heavy atom. The molecule has 0 aliphatic rings. The summed E-state index contributed by atoms with van der Waals surface area (Å²) >= 11 is 0. The van der Waals surface area contributed by atoms with Gasteiger partial charge in [-0.05, 0) is 30.9 Å².